The summed E-state index contributed by atoms with van der Waals surface area (Å²) >= 11 is 6.03. The topological polar surface area (TPSA) is 140 Å². The molecule has 10 nitrogen and oxygen atoms in total. The van der Waals surface area contributed by atoms with Crippen LogP contribution >= 0.6 is 11.6 Å². The predicted octanol–water partition coefficient (Wildman–Crippen LogP) is 3.49. The number of hydrogen-bond donors (Lipinski definition) is 4. The Labute approximate surface area is 221 Å². The van der Waals surface area contributed by atoms with Gasteiger partial charge in [0.05, 0.1) is 46.6 Å². The van der Waals surface area contributed by atoms with Crippen LogP contribution in [-0.4, -0.2) is 62.6 Å². The lowest BCUT2D eigenvalue weighted by molar-refractivity contribution is 0.0475. The molecule has 2 atom stereocenters. The molecule has 2 aliphatic rings. The first-order valence-corrected chi connectivity index (χ1v) is 12.7. The molecule has 1 fully saturated rings. The first kappa shape index (κ1) is 24.4. The molecule has 2 aromatic carbocycles. The van der Waals surface area contributed by atoms with Gasteiger partial charge in [-0.2, -0.15) is 0 Å². The van der Waals surface area contributed by atoms with E-state index in [1.54, 1.807) is 42.5 Å². The summed E-state index contributed by atoms with van der Waals surface area (Å²) in [5.41, 5.74) is 2.48. The number of fused-ring (bicyclic) bond motifs is 2. The summed E-state index contributed by atoms with van der Waals surface area (Å²) in [5.74, 6) is -0.475. The average Bonchev–Trinajstić information content (AvgIpc) is 3.62. The highest BCUT2D eigenvalue weighted by molar-refractivity contribution is 6.30. The molecule has 4 heterocycles. The molecule has 4 aromatic rings. The summed E-state index contributed by atoms with van der Waals surface area (Å²) < 4.78 is 5.60. The molecule has 0 spiro atoms. The third kappa shape index (κ3) is 4.36. The molecular weight excluding hydrogens is 510 g/mol. The van der Waals surface area contributed by atoms with Crippen LogP contribution in [0, 0.1) is 0 Å². The van der Waals surface area contributed by atoms with Crippen LogP contribution in [0.3, 0.4) is 0 Å². The number of benzene rings is 2. The van der Waals surface area contributed by atoms with E-state index in [-0.39, 0.29) is 48.0 Å². The number of amides is 2. The molecule has 194 valence electrons. The number of rotatable bonds is 7. The van der Waals surface area contributed by atoms with Gasteiger partial charge in [-0.05, 0) is 48.7 Å². The Morgan fingerprint density at radius 1 is 1.16 bits per heavy atom. The Bertz CT molecular complexity index is 1570. The maximum absolute atomic E-state index is 13.0. The second kappa shape index (κ2) is 9.71. The molecule has 38 heavy (non-hydrogen) atoms. The molecule has 0 saturated carbocycles. The molecule has 0 radical (unpaired) electrons. The van der Waals surface area contributed by atoms with Gasteiger partial charge in [0.15, 0.2) is 0 Å². The van der Waals surface area contributed by atoms with E-state index in [4.69, 9.17) is 16.3 Å². The fourth-order valence-corrected chi connectivity index (χ4v) is 5.17. The van der Waals surface area contributed by atoms with Gasteiger partial charge in [-0.1, -0.05) is 23.7 Å². The summed E-state index contributed by atoms with van der Waals surface area (Å²) in [5, 5.41) is 14.2. The molecule has 11 heteroatoms. The fraction of sp³-hybridized carbons (Fsp3) is 0.259. The van der Waals surface area contributed by atoms with Gasteiger partial charge in [-0.3, -0.25) is 19.3 Å². The monoisotopic (exact) mass is 533 g/mol. The smallest absolute Gasteiger partial charge is 0.261 e. The number of H-pyrrole nitrogens is 2. The molecule has 6 rings (SSSR count). The minimum atomic E-state index is -0.867. The molecule has 2 aliphatic heterocycles. The Balaban J connectivity index is 1.28. The van der Waals surface area contributed by atoms with Gasteiger partial charge >= 0.3 is 0 Å². The number of carbonyl (C=O) groups is 2. The van der Waals surface area contributed by atoms with Crippen LogP contribution in [0.25, 0.3) is 22.4 Å². The van der Waals surface area contributed by atoms with E-state index >= 15 is 0 Å². The molecule has 1 saturated heterocycles. The lowest BCUT2D eigenvalue weighted by atomic mass is 10.1. The molecule has 2 amide bonds. The number of aliphatic hydroxyl groups excluding tert-OH is 1. The van der Waals surface area contributed by atoms with Gasteiger partial charge in [-0.15, -0.1) is 0 Å². The third-order valence-corrected chi connectivity index (χ3v) is 7.13. The van der Waals surface area contributed by atoms with E-state index < -0.39 is 11.7 Å². The third-order valence-electron chi connectivity index (χ3n) is 6.90. The summed E-state index contributed by atoms with van der Waals surface area (Å²) in [7, 11) is 0. The summed E-state index contributed by atoms with van der Waals surface area (Å²) in [6.45, 7) is 0.988. The largest absolute Gasteiger partial charge is 0.387 e. The quantitative estimate of drug-likeness (QED) is 0.266. The first-order valence-electron chi connectivity index (χ1n) is 12.3. The minimum Gasteiger partial charge on any atom is -0.387 e. The number of aromatic nitrogens is 3. The van der Waals surface area contributed by atoms with Crippen molar-refractivity contribution in [1.29, 1.82) is 0 Å². The van der Waals surface area contributed by atoms with Crippen LogP contribution in [0.1, 0.15) is 45.2 Å². The number of aliphatic hydroxyl groups is 1. The van der Waals surface area contributed by atoms with E-state index in [1.165, 1.54) is 11.1 Å². The highest BCUT2D eigenvalue weighted by Crippen LogP contribution is 2.31. The number of nitrogens with zero attached hydrogens (tertiary/aromatic N) is 2. The first-order chi connectivity index (χ1) is 18.4. The van der Waals surface area contributed by atoms with Gasteiger partial charge < -0.3 is 25.1 Å². The highest BCUT2D eigenvalue weighted by Gasteiger charge is 2.38. The lowest BCUT2D eigenvalue weighted by Crippen LogP contribution is -2.36. The van der Waals surface area contributed by atoms with Crippen molar-refractivity contribution in [3.05, 3.63) is 80.7 Å². The number of halogens is 1. The fourth-order valence-electron chi connectivity index (χ4n) is 4.97. The van der Waals surface area contributed by atoms with Crippen molar-refractivity contribution in [3.63, 3.8) is 0 Å². The van der Waals surface area contributed by atoms with Crippen LogP contribution < -0.4 is 10.9 Å². The number of imidazole rings is 1. The van der Waals surface area contributed by atoms with E-state index in [1.807, 2.05) is 0 Å². The van der Waals surface area contributed by atoms with Crippen molar-refractivity contribution in [1.82, 2.24) is 19.9 Å². The lowest BCUT2D eigenvalue weighted by Gasteiger charge is -2.17. The predicted molar refractivity (Wildman–Crippen MR) is 141 cm³/mol. The van der Waals surface area contributed by atoms with Crippen LogP contribution in [0.15, 0.2) is 53.5 Å². The van der Waals surface area contributed by atoms with Crippen LogP contribution in [0.4, 0.5) is 5.69 Å². The van der Waals surface area contributed by atoms with Crippen molar-refractivity contribution in [2.24, 2.45) is 0 Å². The standard InChI is InChI=1S/C27H24ClN5O5/c28-15-4-1-3-14(9-15)22(34)12-30-19-6-7-29-25(35)23(19)24-31-20-10-17-18(11-21(20)32-24)27(37)33(26(17)36)13-16-5-2-8-38-16/h1,3-4,6-7,9-11,16,22,34H,2,5,8,12-13H2,(H,31,32)(H2,29,30,35)/t16-,22+/m0/s1. The molecule has 0 unspecified atom stereocenters. The molecule has 0 bridgehead atoms. The van der Waals surface area contributed by atoms with Gasteiger partial charge in [0.25, 0.3) is 17.4 Å². The van der Waals surface area contributed by atoms with Crippen LogP contribution in [0.5, 0.6) is 0 Å². The molecule has 0 aliphatic carbocycles. The van der Waals surface area contributed by atoms with Gasteiger partial charge in [0.2, 0.25) is 0 Å². The summed E-state index contributed by atoms with van der Waals surface area (Å²) in [6.07, 6.45) is 2.22. The number of hydrogen-bond acceptors (Lipinski definition) is 7. The van der Waals surface area contributed by atoms with Crippen molar-refractivity contribution >= 4 is 40.1 Å². The normalized spacial score (nSPS) is 17.8. The zero-order chi connectivity index (χ0) is 26.4. The number of aromatic amines is 2. The van der Waals surface area contributed by atoms with Crippen molar-refractivity contribution < 1.29 is 19.4 Å². The van der Waals surface area contributed by atoms with Gasteiger partial charge in [0.1, 0.15) is 11.4 Å². The van der Waals surface area contributed by atoms with Gasteiger partial charge in [0, 0.05) is 24.4 Å². The number of imide groups is 1. The van der Waals surface area contributed by atoms with Gasteiger partial charge in [-0.25, -0.2) is 4.98 Å². The Morgan fingerprint density at radius 2 is 1.97 bits per heavy atom. The van der Waals surface area contributed by atoms with E-state index in [0.29, 0.717) is 39.5 Å². The van der Waals surface area contributed by atoms with E-state index in [9.17, 15) is 19.5 Å². The van der Waals surface area contributed by atoms with Crippen LogP contribution in [-0.2, 0) is 4.74 Å². The number of anilines is 1. The Morgan fingerprint density at radius 3 is 2.74 bits per heavy atom. The van der Waals surface area contributed by atoms with E-state index in [0.717, 1.165) is 12.8 Å². The summed E-state index contributed by atoms with van der Waals surface area (Å²) in [6, 6.07) is 11.8. The molecular formula is C27H24ClN5O5. The second-order valence-electron chi connectivity index (χ2n) is 9.40. The van der Waals surface area contributed by atoms with Crippen molar-refractivity contribution in [2.75, 3.05) is 25.0 Å². The molecule has 4 N–H and O–H groups in total. The number of pyridine rings is 1. The van der Waals surface area contributed by atoms with Crippen molar-refractivity contribution in [2.45, 2.75) is 25.0 Å². The number of carbonyl (C=O) groups excluding carboxylic acids is 2. The SMILES string of the molecule is O=C1c2cc3nc(-c4c(NC[C@@H](O)c5cccc(Cl)c5)cc[nH]c4=O)[nH]c3cc2C(=O)N1C[C@@H]1CCCO1. The summed E-state index contributed by atoms with van der Waals surface area (Å²) in [4.78, 5) is 50.4. The van der Waals surface area contributed by atoms with Crippen LogP contribution in [0.2, 0.25) is 5.02 Å². The highest BCUT2D eigenvalue weighted by atomic mass is 35.5. The zero-order valence-corrected chi connectivity index (χ0v) is 20.9. The maximum atomic E-state index is 13.0. The average molecular weight is 534 g/mol. The van der Waals surface area contributed by atoms with Crippen molar-refractivity contribution in [3.8, 4) is 11.4 Å². The number of ether oxygens (including phenoxy) is 1. The second-order valence-corrected chi connectivity index (χ2v) is 9.84. The maximum Gasteiger partial charge on any atom is 0.261 e. The molecule has 2 aromatic heterocycles. The minimum absolute atomic E-state index is 0.120. The van der Waals surface area contributed by atoms with E-state index in [2.05, 4.69) is 20.3 Å². The number of nitrogens with one attached hydrogen (secondary N) is 3. The Kier molecular flexibility index (Phi) is 6.22. The Hall–Kier alpha value is -3.99. The zero-order valence-electron chi connectivity index (χ0n) is 20.2.